The maximum absolute atomic E-state index is 11.0. The van der Waals surface area contributed by atoms with Crippen LogP contribution in [0.5, 0.6) is 0 Å². The molecule has 0 aliphatic heterocycles. The van der Waals surface area contributed by atoms with Gasteiger partial charge in [0, 0.05) is 26.2 Å². The number of rotatable bonds is 14. The van der Waals surface area contributed by atoms with Crippen LogP contribution in [-0.4, -0.2) is 100 Å². The number of hydrogen-bond donors (Lipinski definition) is 8. The smallest absolute Gasteiger partial charge is 0.324 e. The Balaban J connectivity index is 4.54. The van der Waals surface area contributed by atoms with Gasteiger partial charge in [-0.15, -0.1) is 0 Å². The molecule has 0 unspecified atom stereocenters. The molecule has 0 fully saturated rings. The molecule has 0 amide bonds. The normalized spacial score (nSPS) is 14.3. The Labute approximate surface area is 155 Å². The van der Waals surface area contributed by atoms with Crippen LogP contribution in [0.15, 0.2) is 0 Å². The van der Waals surface area contributed by atoms with Crippen molar-refractivity contribution in [2.24, 2.45) is 0 Å². The summed E-state index contributed by atoms with van der Waals surface area (Å²) in [5, 5.41) is 3.88. The molecule has 0 saturated heterocycles. The van der Waals surface area contributed by atoms with E-state index >= 15 is 0 Å². The predicted molar refractivity (Wildman–Crippen MR) is 92.9 cm³/mol. The van der Waals surface area contributed by atoms with Crippen LogP contribution in [0.3, 0.4) is 0 Å². The molecule has 0 atom stereocenters. The van der Waals surface area contributed by atoms with E-state index in [-0.39, 0.29) is 26.2 Å². The first-order valence-electron chi connectivity index (χ1n) is 7.13. The van der Waals surface area contributed by atoms with Gasteiger partial charge in [-0.1, -0.05) is 0 Å². The lowest BCUT2D eigenvalue weighted by Crippen LogP contribution is -2.35. The molecule has 0 spiro atoms. The van der Waals surface area contributed by atoms with Crippen molar-refractivity contribution in [2.75, 3.05) is 51.3 Å². The Bertz CT molecular complexity index is 535. The first kappa shape index (κ1) is 27.5. The van der Waals surface area contributed by atoms with Gasteiger partial charge in [-0.25, -0.2) is 5.32 Å². The van der Waals surface area contributed by atoms with E-state index in [1.54, 1.807) is 0 Å². The minimum atomic E-state index is -4.57. The van der Waals surface area contributed by atoms with Crippen molar-refractivity contribution in [1.29, 1.82) is 0 Å². The highest BCUT2D eigenvalue weighted by Crippen LogP contribution is 2.41. The molecule has 0 aliphatic carbocycles. The second-order valence-corrected chi connectivity index (χ2v) is 12.1. The fourth-order valence-corrected chi connectivity index (χ4v) is 5.32. The van der Waals surface area contributed by atoms with Gasteiger partial charge in [0.1, 0.15) is 25.1 Å². The van der Waals surface area contributed by atoms with Crippen molar-refractivity contribution in [3.63, 3.8) is 0 Å². The van der Waals surface area contributed by atoms with Gasteiger partial charge < -0.3 is 39.1 Å². The molecule has 0 aromatic carbocycles. The van der Waals surface area contributed by atoms with E-state index in [4.69, 9.17) is 39.1 Å². The summed E-state index contributed by atoms with van der Waals surface area (Å²) < 4.78 is 43.9. The van der Waals surface area contributed by atoms with Gasteiger partial charge in [0.05, 0.1) is 0 Å². The van der Waals surface area contributed by atoms with Crippen LogP contribution in [0.1, 0.15) is 0 Å². The van der Waals surface area contributed by atoms with E-state index in [1.165, 1.54) is 0 Å². The van der Waals surface area contributed by atoms with Gasteiger partial charge in [0.15, 0.2) is 0 Å². The molecular weight excluding hydrogens is 454 g/mol. The molecule has 0 bridgehead atoms. The molecule has 0 aromatic rings. The topological polar surface area (TPSA) is 251 Å². The van der Waals surface area contributed by atoms with Crippen LogP contribution >= 0.6 is 30.4 Å². The fourth-order valence-electron chi connectivity index (χ4n) is 1.95. The molecule has 0 aromatic heterocycles. The van der Waals surface area contributed by atoms with Gasteiger partial charge in [0.25, 0.3) is 0 Å². The summed E-state index contributed by atoms with van der Waals surface area (Å²) in [6.07, 6.45) is -3.57. The summed E-state index contributed by atoms with van der Waals surface area (Å²) in [7, 11) is -18.3. The molecule has 0 aliphatic rings. The first-order chi connectivity index (χ1) is 11.9. The molecule has 1 radical (unpaired) electrons. The van der Waals surface area contributed by atoms with E-state index < -0.39 is 55.5 Å². The van der Waals surface area contributed by atoms with Crippen molar-refractivity contribution in [2.45, 2.75) is 0 Å². The third-order valence-corrected chi connectivity index (χ3v) is 5.76. The van der Waals surface area contributed by atoms with E-state index in [0.717, 1.165) is 9.80 Å². The lowest BCUT2D eigenvalue weighted by atomic mass is 10.5. The highest BCUT2D eigenvalue weighted by atomic mass is 31.2. The minimum absolute atomic E-state index is 0.125. The van der Waals surface area contributed by atoms with Crippen LogP contribution in [0, 0.1) is 0 Å². The van der Waals surface area contributed by atoms with Crippen molar-refractivity contribution < 1.29 is 57.4 Å². The summed E-state index contributed by atoms with van der Waals surface area (Å²) in [5.41, 5.74) is 0. The Kier molecular flexibility index (Phi) is 11.2. The Morgan fingerprint density at radius 2 is 0.741 bits per heavy atom. The highest BCUT2D eigenvalue weighted by molar-refractivity contribution is 7.53. The second-order valence-electron chi connectivity index (χ2n) is 5.68. The quantitative estimate of drug-likeness (QED) is 0.0969. The third-order valence-electron chi connectivity index (χ3n) is 2.69. The SMILES string of the molecule is O=P(O)(O)CN(CC[N]CCN(CP(=O)(O)O)CP(=O)(O)O)CP(=O)(O)O. The predicted octanol–water partition coefficient (Wildman–Crippen LogP) is -2.26. The zero-order valence-corrected chi connectivity index (χ0v) is 17.6. The van der Waals surface area contributed by atoms with Gasteiger partial charge in [-0.05, 0) is 0 Å². The lowest BCUT2D eigenvalue weighted by Gasteiger charge is -2.24. The van der Waals surface area contributed by atoms with Crippen LogP contribution in [0.2, 0.25) is 0 Å². The Hall–Kier alpha value is 0.480. The largest absolute Gasteiger partial charge is 0.339 e. The summed E-state index contributed by atoms with van der Waals surface area (Å²) >= 11 is 0. The standard InChI is InChI=1S/C8H24N3O12P4/c12-24(13,14)5-10(6-25(15,16)17)3-1-9-2-4-11(7-26(18,19)20)8-27(21,22)23/h1-8H2,(H2,12,13,14)(H2,15,16,17)(H2,18,19,20)(H2,21,22,23). The number of hydrogen-bond acceptors (Lipinski definition) is 6. The van der Waals surface area contributed by atoms with E-state index in [1.807, 2.05) is 0 Å². The summed E-state index contributed by atoms with van der Waals surface area (Å²) in [4.78, 5) is 72.9. The molecular formula is C8H24N3O12P4. The van der Waals surface area contributed by atoms with Crippen molar-refractivity contribution >= 4 is 30.4 Å². The molecule has 163 valence electrons. The molecule has 27 heavy (non-hydrogen) atoms. The molecule has 19 heteroatoms. The van der Waals surface area contributed by atoms with Crippen LogP contribution in [0.25, 0.3) is 0 Å². The zero-order valence-electron chi connectivity index (χ0n) is 14.0. The van der Waals surface area contributed by atoms with Crippen LogP contribution < -0.4 is 5.32 Å². The Morgan fingerprint density at radius 1 is 0.519 bits per heavy atom. The maximum Gasteiger partial charge on any atom is 0.339 e. The van der Waals surface area contributed by atoms with Crippen molar-refractivity contribution in [1.82, 2.24) is 15.1 Å². The lowest BCUT2D eigenvalue weighted by molar-refractivity contribution is 0.267. The molecule has 0 heterocycles. The van der Waals surface area contributed by atoms with E-state index in [0.29, 0.717) is 0 Å². The summed E-state index contributed by atoms with van der Waals surface area (Å²) in [5.74, 6) is 0. The van der Waals surface area contributed by atoms with E-state index in [9.17, 15) is 18.3 Å². The average Bonchev–Trinajstić information content (AvgIpc) is 2.29. The first-order valence-corrected chi connectivity index (χ1v) is 14.3. The maximum atomic E-state index is 11.0. The highest BCUT2D eigenvalue weighted by Gasteiger charge is 2.27. The van der Waals surface area contributed by atoms with Gasteiger partial charge in [-0.2, -0.15) is 0 Å². The monoisotopic (exact) mass is 478 g/mol. The molecule has 15 nitrogen and oxygen atoms in total. The molecule has 8 N–H and O–H groups in total. The zero-order chi connectivity index (χ0) is 21.5. The number of nitrogens with zero attached hydrogens (tertiary/aromatic N) is 3. The summed E-state index contributed by atoms with van der Waals surface area (Å²) in [6.45, 7) is -0.681. The van der Waals surface area contributed by atoms with Gasteiger partial charge in [0.2, 0.25) is 0 Å². The summed E-state index contributed by atoms with van der Waals surface area (Å²) in [6, 6.07) is 0. The van der Waals surface area contributed by atoms with Crippen LogP contribution in [-0.2, 0) is 18.3 Å². The van der Waals surface area contributed by atoms with Gasteiger partial charge in [-0.3, -0.25) is 28.1 Å². The van der Waals surface area contributed by atoms with Crippen LogP contribution in [0.4, 0.5) is 0 Å². The average molecular weight is 478 g/mol. The fraction of sp³-hybridized carbons (Fsp3) is 1.00. The molecule has 0 saturated carbocycles. The van der Waals surface area contributed by atoms with E-state index in [2.05, 4.69) is 5.32 Å². The Morgan fingerprint density at radius 3 is 0.926 bits per heavy atom. The second kappa shape index (κ2) is 11.0. The van der Waals surface area contributed by atoms with Crippen molar-refractivity contribution in [3.05, 3.63) is 0 Å². The molecule has 0 rings (SSSR count). The van der Waals surface area contributed by atoms with Gasteiger partial charge >= 0.3 is 30.4 Å². The minimum Gasteiger partial charge on any atom is -0.324 e. The van der Waals surface area contributed by atoms with Crippen molar-refractivity contribution in [3.8, 4) is 0 Å². The third kappa shape index (κ3) is 19.6.